The number of aromatic nitrogens is 2. The van der Waals surface area contributed by atoms with E-state index in [-0.39, 0.29) is 5.92 Å². The summed E-state index contributed by atoms with van der Waals surface area (Å²) < 4.78 is 2.17. The summed E-state index contributed by atoms with van der Waals surface area (Å²) in [6, 6.07) is 10.8. The van der Waals surface area contributed by atoms with Crippen LogP contribution in [0.3, 0.4) is 0 Å². The Labute approximate surface area is 249 Å². The lowest BCUT2D eigenvalue weighted by Crippen LogP contribution is -2.42. The Morgan fingerprint density at radius 3 is 2.28 bits per heavy atom. The Morgan fingerprint density at radius 1 is 0.949 bits per heavy atom. The van der Waals surface area contributed by atoms with Crippen LogP contribution in [0.1, 0.15) is 66.0 Å². The van der Waals surface area contributed by atoms with E-state index in [1.54, 1.807) is 0 Å². The number of hydrogen-bond acceptors (Lipinski definition) is 4. The molecule has 5 nitrogen and oxygen atoms in total. The maximum atomic E-state index is 13.4. The van der Waals surface area contributed by atoms with Gasteiger partial charge < -0.3 is 9.80 Å². The number of amides is 1. The molecule has 2 aliphatic rings. The molecule has 2 fully saturated rings. The molecule has 2 saturated heterocycles. The normalized spacial score (nSPS) is 17.9. The van der Waals surface area contributed by atoms with Gasteiger partial charge in [-0.25, -0.2) is 0 Å². The molecule has 0 bridgehead atoms. The van der Waals surface area contributed by atoms with E-state index >= 15 is 0 Å². The number of carbonyl (C=O) groups is 1. The average molecular weight is 654 g/mol. The van der Waals surface area contributed by atoms with Crippen LogP contribution in [0.15, 0.2) is 57.9 Å². The molecule has 2 aromatic heterocycles. The fraction of sp³-hybridized carbons (Fsp3) is 0.469. The van der Waals surface area contributed by atoms with E-state index in [2.05, 4.69) is 97.7 Å². The van der Waals surface area contributed by atoms with Crippen LogP contribution in [0.4, 0.5) is 5.69 Å². The number of aryl methyl sites for hydroxylation is 3. The topological polar surface area (TPSA) is 49.3 Å². The number of hydrogen-bond donors (Lipinski definition) is 0. The van der Waals surface area contributed by atoms with Crippen LogP contribution in [-0.4, -0.2) is 47.0 Å². The fourth-order valence-electron chi connectivity index (χ4n) is 6.60. The lowest BCUT2D eigenvalue weighted by Gasteiger charge is -2.38. The summed E-state index contributed by atoms with van der Waals surface area (Å²) in [5, 5.41) is 0. The molecule has 0 saturated carbocycles. The predicted octanol–water partition coefficient (Wildman–Crippen LogP) is 7.60. The van der Waals surface area contributed by atoms with Gasteiger partial charge in [-0.15, -0.1) is 0 Å². The molecule has 7 heteroatoms. The van der Waals surface area contributed by atoms with Crippen molar-refractivity contribution in [1.82, 2.24) is 14.9 Å². The number of likely N-dealkylation sites (tertiary alicyclic amines) is 1. The molecule has 1 amide bonds. The molecule has 0 spiro atoms. The number of rotatable bonds is 6. The summed E-state index contributed by atoms with van der Waals surface area (Å²) in [7, 11) is 0. The molecule has 0 aliphatic carbocycles. The van der Waals surface area contributed by atoms with Crippen LogP contribution in [-0.2, 0) is 4.79 Å². The van der Waals surface area contributed by atoms with Crippen LogP contribution < -0.4 is 4.90 Å². The minimum absolute atomic E-state index is 0.197. The third-order valence-corrected chi connectivity index (χ3v) is 9.73. The molecule has 1 atom stereocenters. The highest BCUT2D eigenvalue weighted by atomic mass is 79.9. The van der Waals surface area contributed by atoms with Crippen LogP contribution in [0, 0.1) is 32.6 Å². The summed E-state index contributed by atoms with van der Waals surface area (Å²) in [5.41, 5.74) is 7.48. The third-order valence-electron chi connectivity index (χ3n) is 8.64. The van der Waals surface area contributed by atoms with Crippen LogP contribution in [0.5, 0.6) is 0 Å². The fourth-order valence-corrected chi connectivity index (χ4v) is 7.97. The van der Waals surface area contributed by atoms with Crippen molar-refractivity contribution in [3.8, 4) is 0 Å². The monoisotopic (exact) mass is 652 g/mol. The number of nitrogens with zero attached hydrogens (tertiary/aromatic N) is 4. The lowest BCUT2D eigenvalue weighted by atomic mass is 9.75. The van der Waals surface area contributed by atoms with Crippen molar-refractivity contribution in [2.24, 2.45) is 11.8 Å². The van der Waals surface area contributed by atoms with Gasteiger partial charge in [0, 0.05) is 71.7 Å². The van der Waals surface area contributed by atoms with Crippen molar-refractivity contribution in [3.63, 3.8) is 0 Å². The van der Waals surface area contributed by atoms with Gasteiger partial charge in [0.2, 0.25) is 5.91 Å². The third kappa shape index (κ3) is 6.57. The van der Waals surface area contributed by atoms with E-state index in [9.17, 15) is 4.79 Å². The minimum atomic E-state index is 0.197. The molecule has 5 rings (SSSR count). The van der Waals surface area contributed by atoms with Crippen LogP contribution in [0.2, 0.25) is 0 Å². The first kappa shape index (κ1) is 28.3. The van der Waals surface area contributed by atoms with Crippen molar-refractivity contribution in [2.75, 3.05) is 31.1 Å². The number of carbonyl (C=O) groups excluding carboxylic acids is 1. The number of piperidine rings is 2. The second-order valence-corrected chi connectivity index (χ2v) is 13.1. The number of anilines is 1. The molecule has 4 heterocycles. The summed E-state index contributed by atoms with van der Waals surface area (Å²) in [6.45, 7) is 10.2. The van der Waals surface area contributed by atoms with Gasteiger partial charge in [0.25, 0.3) is 0 Å². The van der Waals surface area contributed by atoms with Crippen molar-refractivity contribution in [1.29, 1.82) is 0 Å². The van der Waals surface area contributed by atoms with Crippen molar-refractivity contribution >= 4 is 43.5 Å². The Bertz CT molecular complexity index is 1280. The first-order valence-electron chi connectivity index (χ1n) is 14.1. The van der Waals surface area contributed by atoms with E-state index < -0.39 is 0 Å². The van der Waals surface area contributed by atoms with Gasteiger partial charge in [0.15, 0.2) is 0 Å². The van der Waals surface area contributed by atoms with Crippen molar-refractivity contribution in [2.45, 2.75) is 58.8 Å². The molecule has 2 aliphatic heterocycles. The molecule has 3 aromatic rings. The zero-order chi connectivity index (χ0) is 27.5. The maximum absolute atomic E-state index is 13.4. The van der Waals surface area contributed by atoms with Gasteiger partial charge >= 0.3 is 0 Å². The van der Waals surface area contributed by atoms with Crippen molar-refractivity contribution in [3.05, 3.63) is 85.8 Å². The first-order valence-corrected chi connectivity index (χ1v) is 15.7. The highest BCUT2D eigenvalue weighted by molar-refractivity contribution is 9.10. The number of benzene rings is 1. The van der Waals surface area contributed by atoms with Crippen LogP contribution in [0.25, 0.3) is 0 Å². The first-order chi connectivity index (χ1) is 18.8. The molecule has 1 unspecified atom stereocenters. The molecule has 0 radical (unpaired) electrons. The molecule has 206 valence electrons. The molecule has 0 N–H and O–H groups in total. The van der Waals surface area contributed by atoms with Gasteiger partial charge in [-0.2, -0.15) is 0 Å². The SMILES string of the molecule is Cc1cc(C)c(C(c2ncc(Br)cc2C)C2CCN(C(=O)CC3CCN(c4ccncc4)CC3)CC2)c(Br)c1. The smallest absolute Gasteiger partial charge is 0.222 e. The lowest BCUT2D eigenvalue weighted by molar-refractivity contribution is -0.133. The van der Waals surface area contributed by atoms with E-state index in [1.165, 1.54) is 27.9 Å². The number of pyridine rings is 2. The number of halogens is 2. The summed E-state index contributed by atoms with van der Waals surface area (Å²) >= 11 is 7.50. The Morgan fingerprint density at radius 2 is 1.64 bits per heavy atom. The summed E-state index contributed by atoms with van der Waals surface area (Å²) in [6.07, 6.45) is 10.4. The van der Waals surface area contributed by atoms with Gasteiger partial charge in [0.1, 0.15) is 0 Å². The quantitative estimate of drug-likeness (QED) is 0.275. The standard InChI is InChI=1S/C32H38Br2N4O/c1-21-16-22(2)30(28(34)17-21)31(32-23(3)18-26(33)20-36-32)25-8-14-38(15-9-25)29(39)19-24-6-12-37(13-7-24)27-4-10-35-11-5-27/h4-5,10-11,16-18,20,24-25,31H,6-9,12-15,19H2,1-3H3. The van der Waals surface area contributed by atoms with Crippen molar-refractivity contribution < 1.29 is 4.79 Å². The van der Waals surface area contributed by atoms with E-state index in [0.717, 1.165) is 66.5 Å². The summed E-state index contributed by atoms with van der Waals surface area (Å²) in [5.74, 6) is 1.44. The highest BCUT2D eigenvalue weighted by Gasteiger charge is 2.34. The Kier molecular flexibility index (Phi) is 9.07. The van der Waals surface area contributed by atoms with E-state index in [0.29, 0.717) is 24.2 Å². The van der Waals surface area contributed by atoms with Gasteiger partial charge in [-0.05, 0) is 121 Å². The highest BCUT2D eigenvalue weighted by Crippen LogP contribution is 2.43. The zero-order valence-corrected chi connectivity index (χ0v) is 26.3. The van der Waals surface area contributed by atoms with Gasteiger partial charge in [-0.3, -0.25) is 14.8 Å². The molecular formula is C32H38Br2N4O. The molecule has 1 aromatic carbocycles. The second kappa shape index (κ2) is 12.5. The van der Waals surface area contributed by atoms with Crippen LogP contribution >= 0.6 is 31.9 Å². The molecular weight excluding hydrogens is 616 g/mol. The van der Waals surface area contributed by atoms with E-state index in [4.69, 9.17) is 4.98 Å². The predicted molar refractivity (Wildman–Crippen MR) is 165 cm³/mol. The largest absolute Gasteiger partial charge is 0.371 e. The Hall–Kier alpha value is -2.25. The minimum Gasteiger partial charge on any atom is -0.371 e. The zero-order valence-electron chi connectivity index (χ0n) is 23.2. The Balaban J connectivity index is 1.25. The van der Waals surface area contributed by atoms with Gasteiger partial charge in [-0.1, -0.05) is 22.0 Å². The molecule has 39 heavy (non-hydrogen) atoms. The second-order valence-electron chi connectivity index (χ2n) is 11.4. The maximum Gasteiger partial charge on any atom is 0.222 e. The average Bonchev–Trinajstić information content (AvgIpc) is 2.92. The van der Waals surface area contributed by atoms with Gasteiger partial charge in [0.05, 0.1) is 5.69 Å². The van der Waals surface area contributed by atoms with E-state index in [1.807, 2.05) is 18.6 Å². The summed E-state index contributed by atoms with van der Waals surface area (Å²) in [4.78, 5) is 27.0.